The number of carbonyl (C=O) groups excluding carboxylic acids is 2. The number of amides is 2. The van der Waals surface area contributed by atoms with E-state index in [9.17, 15) is 14.4 Å². The van der Waals surface area contributed by atoms with Gasteiger partial charge >= 0.3 is 5.63 Å². The second kappa shape index (κ2) is 10.5. The molecule has 1 aliphatic rings. The van der Waals surface area contributed by atoms with Crippen LogP contribution in [-0.4, -0.2) is 54.0 Å². The van der Waals surface area contributed by atoms with E-state index in [1.165, 1.54) is 13.0 Å². The van der Waals surface area contributed by atoms with Crippen LogP contribution in [0.5, 0.6) is 0 Å². The summed E-state index contributed by atoms with van der Waals surface area (Å²) in [5.41, 5.74) is 1.51. The van der Waals surface area contributed by atoms with Gasteiger partial charge in [0.15, 0.2) is 0 Å². The maximum Gasteiger partial charge on any atom is 0.336 e. The quantitative estimate of drug-likeness (QED) is 0.499. The molecule has 0 saturated carbocycles. The molecule has 1 fully saturated rings. The highest BCUT2D eigenvalue weighted by molar-refractivity contribution is 5.93. The van der Waals surface area contributed by atoms with Crippen molar-refractivity contribution in [1.29, 1.82) is 0 Å². The van der Waals surface area contributed by atoms with E-state index in [0.29, 0.717) is 24.2 Å². The highest BCUT2D eigenvalue weighted by Crippen LogP contribution is 2.25. The number of rotatable bonds is 5. The van der Waals surface area contributed by atoms with Crippen LogP contribution >= 0.6 is 0 Å². The number of benzene rings is 1. The van der Waals surface area contributed by atoms with Crippen LogP contribution in [0, 0.1) is 6.92 Å². The van der Waals surface area contributed by atoms with Crippen molar-refractivity contribution in [2.75, 3.05) is 18.9 Å². The van der Waals surface area contributed by atoms with Crippen molar-refractivity contribution in [2.45, 2.75) is 45.2 Å². The molecule has 1 aromatic carbocycles. The molecule has 1 saturated heterocycles. The first-order chi connectivity index (χ1) is 14.2. The number of nitrogens with one attached hydrogen (secondary N) is 2. The normalized spacial score (nSPS) is 18.4. The summed E-state index contributed by atoms with van der Waals surface area (Å²) < 4.78 is 5.23. The lowest BCUT2D eigenvalue weighted by atomic mass is 10.1. The van der Waals surface area contributed by atoms with Crippen molar-refractivity contribution in [2.24, 2.45) is 0 Å². The molecule has 2 aromatic rings. The Kier molecular flexibility index (Phi) is 8.11. The van der Waals surface area contributed by atoms with E-state index in [-0.39, 0.29) is 30.4 Å². The van der Waals surface area contributed by atoms with Gasteiger partial charge in [-0.05, 0) is 44.5 Å². The Morgan fingerprint density at radius 2 is 1.93 bits per heavy atom. The van der Waals surface area contributed by atoms with Crippen LogP contribution in [0.15, 0.2) is 33.5 Å². The van der Waals surface area contributed by atoms with Gasteiger partial charge in [-0.1, -0.05) is 0 Å². The fraction of sp³-hybridized carbons (Fsp3) is 0.429. The van der Waals surface area contributed by atoms with Crippen LogP contribution in [0.2, 0.25) is 0 Å². The SMILES string of the molecule is CC(=O)NC[C@H]1CC[C@@H](CC(=O)Nc2ccc3c(C)cc(=O)oc3c2)N1C.O=CO. The monoisotopic (exact) mass is 417 g/mol. The second-order valence-electron chi connectivity index (χ2n) is 7.30. The van der Waals surface area contributed by atoms with Crippen LogP contribution in [-0.2, 0) is 14.4 Å². The number of likely N-dealkylation sites (tertiary alicyclic amines) is 1. The third-order valence-electron chi connectivity index (χ3n) is 5.23. The molecule has 1 aromatic heterocycles. The minimum Gasteiger partial charge on any atom is -0.483 e. The Morgan fingerprint density at radius 1 is 1.27 bits per heavy atom. The van der Waals surface area contributed by atoms with Crippen molar-refractivity contribution in [3.05, 3.63) is 40.2 Å². The Balaban J connectivity index is 0.00000101. The molecule has 9 nitrogen and oxygen atoms in total. The molecule has 2 amide bonds. The largest absolute Gasteiger partial charge is 0.483 e. The van der Waals surface area contributed by atoms with Crippen LogP contribution in [0.1, 0.15) is 31.7 Å². The number of hydrogen-bond acceptors (Lipinski definition) is 6. The Bertz CT molecular complexity index is 971. The molecular weight excluding hydrogens is 390 g/mol. The summed E-state index contributed by atoms with van der Waals surface area (Å²) in [5, 5.41) is 13.5. The number of nitrogens with zero attached hydrogens (tertiary/aromatic N) is 1. The maximum absolute atomic E-state index is 12.5. The summed E-state index contributed by atoms with van der Waals surface area (Å²) in [5.74, 6) is -0.121. The lowest BCUT2D eigenvalue weighted by molar-refractivity contribution is -0.123. The summed E-state index contributed by atoms with van der Waals surface area (Å²) >= 11 is 0. The highest BCUT2D eigenvalue weighted by atomic mass is 16.4. The van der Waals surface area contributed by atoms with Crippen molar-refractivity contribution < 1.29 is 23.9 Å². The van der Waals surface area contributed by atoms with Gasteiger partial charge in [0.05, 0.1) is 0 Å². The van der Waals surface area contributed by atoms with Gasteiger partial charge < -0.3 is 20.2 Å². The zero-order chi connectivity index (χ0) is 22.3. The maximum atomic E-state index is 12.5. The third kappa shape index (κ3) is 6.15. The average Bonchev–Trinajstić information content (AvgIpc) is 2.99. The third-order valence-corrected chi connectivity index (χ3v) is 5.23. The number of fused-ring (bicyclic) bond motifs is 1. The van der Waals surface area contributed by atoms with Crippen LogP contribution < -0.4 is 16.3 Å². The van der Waals surface area contributed by atoms with E-state index in [1.807, 2.05) is 26.1 Å². The van der Waals surface area contributed by atoms with E-state index in [2.05, 4.69) is 15.5 Å². The Labute approximate surface area is 174 Å². The lowest BCUT2D eigenvalue weighted by Crippen LogP contribution is -2.41. The fourth-order valence-electron chi connectivity index (χ4n) is 3.67. The predicted octanol–water partition coefficient (Wildman–Crippen LogP) is 1.73. The first-order valence-corrected chi connectivity index (χ1v) is 9.63. The van der Waals surface area contributed by atoms with Gasteiger partial charge in [-0.3, -0.25) is 19.3 Å². The number of anilines is 1. The fourth-order valence-corrected chi connectivity index (χ4v) is 3.67. The topological polar surface area (TPSA) is 129 Å². The number of likely N-dealkylation sites (N-methyl/N-ethyl adjacent to an activating group) is 1. The standard InChI is InChI=1S/C20H25N3O4.CH2O2/c1-12-8-20(26)27-18-9-14(4-7-17(12)18)22-19(25)10-15-5-6-16(23(15)3)11-21-13(2)24;2-1-3/h4,7-9,15-16H,5-6,10-11H2,1-3H3,(H,21,24)(H,22,25);1H,(H,2,3)/t15-,16+;/m0./s1. The van der Waals surface area contributed by atoms with Crippen molar-refractivity contribution in [3.8, 4) is 0 Å². The predicted molar refractivity (Wildman–Crippen MR) is 112 cm³/mol. The molecule has 0 spiro atoms. The molecule has 3 rings (SSSR count). The van der Waals surface area contributed by atoms with Gasteiger partial charge in [0.2, 0.25) is 11.8 Å². The van der Waals surface area contributed by atoms with E-state index >= 15 is 0 Å². The number of carbonyl (C=O) groups is 3. The number of hydrogen-bond donors (Lipinski definition) is 3. The van der Waals surface area contributed by atoms with Crippen molar-refractivity contribution >= 4 is 34.9 Å². The highest BCUT2D eigenvalue weighted by Gasteiger charge is 2.31. The zero-order valence-corrected chi connectivity index (χ0v) is 17.3. The lowest BCUT2D eigenvalue weighted by Gasteiger charge is -2.25. The molecule has 0 unspecified atom stereocenters. The average molecular weight is 417 g/mol. The zero-order valence-electron chi connectivity index (χ0n) is 17.3. The van der Waals surface area contributed by atoms with Crippen LogP contribution in [0.4, 0.5) is 5.69 Å². The molecule has 9 heteroatoms. The van der Waals surface area contributed by atoms with E-state index in [4.69, 9.17) is 14.3 Å². The molecule has 2 heterocycles. The summed E-state index contributed by atoms with van der Waals surface area (Å²) in [6.07, 6.45) is 2.25. The Morgan fingerprint density at radius 3 is 2.60 bits per heavy atom. The van der Waals surface area contributed by atoms with Gasteiger partial charge in [-0.15, -0.1) is 0 Å². The summed E-state index contributed by atoms with van der Waals surface area (Å²) in [7, 11) is 1.99. The summed E-state index contributed by atoms with van der Waals surface area (Å²) in [4.78, 5) is 45.6. The molecular formula is C21H27N3O6. The molecule has 0 bridgehead atoms. The van der Waals surface area contributed by atoms with Gasteiger partial charge in [0.25, 0.3) is 6.47 Å². The second-order valence-corrected chi connectivity index (χ2v) is 7.30. The minimum absolute atomic E-state index is 0.0391. The van der Waals surface area contributed by atoms with E-state index in [0.717, 1.165) is 23.8 Å². The number of aryl methyl sites for hydroxylation is 1. The molecule has 0 aliphatic carbocycles. The molecule has 2 atom stereocenters. The van der Waals surface area contributed by atoms with E-state index in [1.54, 1.807) is 6.07 Å². The molecule has 162 valence electrons. The van der Waals surface area contributed by atoms with Crippen LogP contribution in [0.3, 0.4) is 0 Å². The van der Waals surface area contributed by atoms with Gasteiger partial charge in [-0.2, -0.15) is 0 Å². The van der Waals surface area contributed by atoms with Gasteiger partial charge in [0, 0.05) is 55.2 Å². The first kappa shape index (κ1) is 23.1. The van der Waals surface area contributed by atoms with Crippen molar-refractivity contribution in [1.82, 2.24) is 10.2 Å². The van der Waals surface area contributed by atoms with E-state index < -0.39 is 5.63 Å². The molecule has 30 heavy (non-hydrogen) atoms. The molecule has 0 radical (unpaired) electrons. The van der Waals surface area contributed by atoms with Gasteiger partial charge in [-0.25, -0.2) is 4.79 Å². The minimum atomic E-state index is -0.402. The summed E-state index contributed by atoms with van der Waals surface area (Å²) in [6.45, 7) is 3.71. The number of carboxylic acid groups (broad SMARTS) is 1. The van der Waals surface area contributed by atoms with Crippen LogP contribution in [0.25, 0.3) is 11.0 Å². The molecule has 3 N–H and O–H groups in total. The smallest absolute Gasteiger partial charge is 0.336 e. The molecule has 1 aliphatic heterocycles. The summed E-state index contributed by atoms with van der Waals surface area (Å²) in [6, 6.07) is 7.18. The Hall–Kier alpha value is -3.20. The van der Waals surface area contributed by atoms with Gasteiger partial charge in [0.1, 0.15) is 5.58 Å². The van der Waals surface area contributed by atoms with Crippen molar-refractivity contribution in [3.63, 3.8) is 0 Å². The first-order valence-electron chi connectivity index (χ1n) is 9.63.